The summed E-state index contributed by atoms with van der Waals surface area (Å²) in [6.07, 6.45) is 6.02. The van der Waals surface area contributed by atoms with Crippen LogP contribution >= 0.6 is 0 Å². The predicted molar refractivity (Wildman–Crippen MR) is 253 cm³/mol. The second-order valence-electron chi connectivity index (χ2n) is 17.6. The van der Waals surface area contributed by atoms with E-state index >= 15 is 0 Å². The van der Waals surface area contributed by atoms with E-state index in [-0.39, 0.29) is 59.8 Å². The Bertz CT molecular complexity index is 3730. The second-order valence-corrected chi connectivity index (χ2v) is 17.6. The van der Waals surface area contributed by atoms with E-state index in [1.165, 1.54) is 0 Å². The van der Waals surface area contributed by atoms with Crippen molar-refractivity contribution in [3.05, 3.63) is 199 Å². The maximum atomic E-state index is 9.09. The van der Waals surface area contributed by atoms with Gasteiger partial charge in [-0.05, 0) is 80.4 Å². The third-order valence-corrected chi connectivity index (χ3v) is 10.9. The van der Waals surface area contributed by atoms with E-state index in [1.54, 1.807) is 33.4 Å². The van der Waals surface area contributed by atoms with Crippen LogP contribution in [0.1, 0.15) is 66.4 Å². The Balaban J connectivity index is 0.00000656. The van der Waals surface area contributed by atoms with E-state index in [0.29, 0.717) is 34.6 Å². The van der Waals surface area contributed by atoms with E-state index < -0.39 is 60.4 Å². The average Bonchev–Trinajstić information content (AvgIpc) is 3.88. The number of nitrogens with zero attached hydrogens (tertiary/aromatic N) is 4. The minimum atomic E-state index is -0.570. The Morgan fingerprint density at radius 2 is 1.35 bits per heavy atom. The molecule has 10 rings (SSSR count). The summed E-state index contributed by atoms with van der Waals surface area (Å²) in [6.45, 7) is 13.0. The summed E-state index contributed by atoms with van der Waals surface area (Å²) >= 11 is 0. The van der Waals surface area contributed by atoms with Crippen LogP contribution in [0.15, 0.2) is 170 Å². The van der Waals surface area contributed by atoms with Crippen LogP contribution in [-0.2, 0) is 32.9 Å². The third-order valence-electron chi connectivity index (χ3n) is 10.9. The summed E-state index contributed by atoms with van der Waals surface area (Å²) in [5.74, 6) is 1.56. The smallest absolute Gasteiger partial charge is 0.268 e. The van der Waals surface area contributed by atoms with Crippen molar-refractivity contribution in [3.63, 3.8) is 0 Å². The third kappa shape index (κ3) is 8.15. The Kier molecular flexibility index (Phi) is 8.26. The standard InChI is InChI=1S/C57H48N4O.Pt/c1-56(2,3)37-39-27-30-51-53(33-39)59(38-60(51)55-46(40-17-9-7-10-18-40)24-16-25-47(55)41-19-11-8-12-20-41)43-21-15-22-44(35-43)62-45-28-29-49-48-23-13-14-26-50(48)61(52(49)36-45)54-34-42(31-32-58-54)57(4,5)6;/h7-34H,37H2,1-6H3;/q-2;/i7D,8D,9D,10D,11D,12D,17D,18D,19D,20D;. The zero-order valence-electron chi connectivity index (χ0n) is 45.6. The van der Waals surface area contributed by atoms with Crippen LogP contribution in [0.25, 0.3) is 72.3 Å². The van der Waals surface area contributed by atoms with Gasteiger partial charge in [-0.15, -0.1) is 29.7 Å². The van der Waals surface area contributed by atoms with Crippen LogP contribution in [0, 0.1) is 23.9 Å². The maximum Gasteiger partial charge on any atom is 0.268 e. The first-order valence-corrected chi connectivity index (χ1v) is 20.5. The predicted octanol–water partition coefficient (Wildman–Crippen LogP) is 13.8. The molecule has 0 spiro atoms. The van der Waals surface area contributed by atoms with E-state index in [1.807, 2.05) is 66.9 Å². The number of benzene rings is 7. The van der Waals surface area contributed by atoms with Gasteiger partial charge in [0.25, 0.3) is 6.33 Å². The minimum absolute atomic E-state index is 0. The van der Waals surface area contributed by atoms with Gasteiger partial charge in [0.15, 0.2) is 0 Å². The topological polar surface area (TPSA) is 35.9 Å². The van der Waals surface area contributed by atoms with Gasteiger partial charge in [0, 0.05) is 44.3 Å². The molecule has 63 heavy (non-hydrogen) atoms. The van der Waals surface area contributed by atoms with Gasteiger partial charge in [-0.1, -0.05) is 162 Å². The van der Waals surface area contributed by atoms with Gasteiger partial charge in [-0.3, -0.25) is 4.57 Å². The molecule has 3 heterocycles. The van der Waals surface area contributed by atoms with Crippen molar-refractivity contribution >= 4 is 32.8 Å². The molecular formula is C57H48N4OPt-2. The summed E-state index contributed by atoms with van der Waals surface area (Å²) in [5.41, 5.74) is 5.63. The first-order chi connectivity index (χ1) is 34.1. The molecule has 0 bridgehead atoms. The SMILES string of the molecule is [2H]c1c([2H])c([2H])c(-c2cccc(-c3c([2H])c([2H])c([2H])c([2H])c3[2H])c2-[n+]2[c-]n(-c3[c-]c(Oc4[c-]c5c(cc4)c4ccccc4n5-c4cc(C(C)(C)C)ccn4)ccc3)c3cc(CC(C)(C)C)ccc32)c([2H])c1[2H].[Pt]. The molecule has 0 aliphatic rings. The zero-order chi connectivity index (χ0) is 51.3. The van der Waals surface area contributed by atoms with Crippen molar-refractivity contribution in [2.45, 2.75) is 53.4 Å². The monoisotopic (exact) mass is 1010 g/mol. The largest absolute Gasteiger partial charge is 0.510 e. The number of ether oxygens (including phenoxy) is 1. The number of hydrogen-bond acceptors (Lipinski definition) is 2. The van der Waals surface area contributed by atoms with Gasteiger partial charge in [-0.25, -0.2) is 4.98 Å². The van der Waals surface area contributed by atoms with Crippen molar-refractivity contribution in [1.82, 2.24) is 14.1 Å². The van der Waals surface area contributed by atoms with Crippen LogP contribution in [0.5, 0.6) is 11.5 Å². The molecule has 0 saturated carbocycles. The second kappa shape index (κ2) is 16.6. The van der Waals surface area contributed by atoms with E-state index in [4.69, 9.17) is 23.4 Å². The first-order valence-electron chi connectivity index (χ1n) is 25.5. The fraction of sp³-hybridized carbons (Fsp3) is 0.158. The first kappa shape index (κ1) is 31.3. The van der Waals surface area contributed by atoms with Crippen LogP contribution in [-0.4, -0.2) is 14.1 Å². The summed E-state index contributed by atoms with van der Waals surface area (Å²) in [6, 6.07) is 34.2. The average molecular weight is 1010 g/mol. The Labute approximate surface area is 398 Å². The molecular weight excluding hydrogens is 952 g/mol. The number of pyridine rings is 1. The Morgan fingerprint density at radius 1 is 0.667 bits per heavy atom. The zero-order valence-corrected chi connectivity index (χ0v) is 37.9. The molecule has 0 radical (unpaired) electrons. The van der Waals surface area contributed by atoms with Gasteiger partial charge < -0.3 is 13.9 Å². The fourth-order valence-corrected chi connectivity index (χ4v) is 8.10. The molecule has 7 aromatic carbocycles. The van der Waals surface area contributed by atoms with Crippen LogP contribution < -0.4 is 9.30 Å². The molecule has 0 saturated heterocycles. The van der Waals surface area contributed by atoms with Crippen LogP contribution in [0.3, 0.4) is 0 Å². The van der Waals surface area contributed by atoms with Crippen molar-refractivity contribution in [2.24, 2.45) is 5.41 Å². The summed E-state index contributed by atoms with van der Waals surface area (Å²) in [4.78, 5) is 4.82. The van der Waals surface area contributed by atoms with Gasteiger partial charge in [0.2, 0.25) is 0 Å². The van der Waals surface area contributed by atoms with E-state index in [2.05, 4.69) is 82.8 Å². The van der Waals surface area contributed by atoms with Gasteiger partial charge in [0.1, 0.15) is 5.82 Å². The van der Waals surface area contributed by atoms with E-state index in [9.17, 15) is 0 Å². The molecule has 0 amide bonds. The van der Waals surface area contributed by atoms with E-state index in [0.717, 1.165) is 38.8 Å². The van der Waals surface area contributed by atoms with Crippen molar-refractivity contribution in [2.75, 3.05) is 0 Å². The molecule has 5 nitrogen and oxygen atoms in total. The number of imidazole rings is 1. The summed E-state index contributed by atoms with van der Waals surface area (Å²) in [5, 5.41) is 2.03. The molecule has 0 aliphatic heterocycles. The molecule has 314 valence electrons. The van der Waals surface area contributed by atoms with Crippen molar-refractivity contribution in [1.29, 1.82) is 0 Å². The number of fused-ring (bicyclic) bond motifs is 4. The number of hydrogen-bond donors (Lipinski definition) is 0. The molecule has 0 unspecified atom stereocenters. The maximum absolute atomic E-state index is 9.09. The number of rotatable bonds is 8. The summed E-state index contributed by atoms with van der Waals surface area (Å²) < 4.78 is 99.8. The summed E-state index contributed by atoms with van der Waals surface area (Å²) in [7, 11) is 0. The van der Waals surface area contributed by atoms with Gasteiger partial charge in [-0.2, -0.15) is 18.2 Å². The van der Waals surface area contributed by atoms with Crippen LogP contribution in [0.2, 0.25) is 0 Å². The molecule has 3 aromatic heterocycles. The van der Waals surface area contributed by atoms with Crippen LogP contribution in [0.4, 0.5) is 0 Å². The normalized spacial score (nSPS) is 14.1. The Hall–Kier alpha value is -6.55. The quantitative estimate of drug-likeness (QED) is 0.112. The molecule has 6 heteroatoms. The molecule has 10 aromatic rings. The number of para-hydroxylation sites is 2. The van der Waals surface area contributed by atoms with Gasteiger partial charge >= 0.3 is 0 Å². The number of aromatic nitrogens is 4. The van der Waals surface area contributed by atoms with Crippen molar-refractivity contribution in [3.8, 4) is 50.9 Å². The van der Waals surface area contributed by atoms with Gasteiger partial charge in [0.05, 0.1) is 30.4 Å². The fourth-order valence-electron chi connectivity index (χ4n) is 8.10. The molecule has 0 atom stereocenters. The Morgan fingerprint density at radius 3 is 2.05 bits per heavy atom. The van der Waals surface area contributed by atoms with Crippen molar-refractivity contribution < 1.29 is 44.1 Å². The molecule has 0 fully saturated rings. The molecule has 0 aliphatic carbocycles. The minimum Gasteiger partial charge on any atom is -0.510 e. The molecule has 0 N–H and O–H groups in total.